The maximum absolute atomic E-state index is 12.2. The number of aromatic nitrogens is 2. The van der Waals surface area contributed by atoms with Crippen molar-refractivity contribution in [3.8, 4) is 11.4 Å². The lowest BCUT2D eigenvalue weighted by Gasteiger charge is -2.22. The predicted octanol–water partition coefficient (Wildman–Crippen LogP) is 5.73. The second-order valence-corrected chi connectivity index (χ2v) is 11.4. The molecule has 1 saturated heterocycles. The van der Waals surface area contributed by atoms with E-state index in [-0.39, 0.29) is 17.9 Å². The monoisotopic (exact) mass is 546 g/mol. The number of hydrogen-bond acceptors (Lipinski definition) is 6. The maximum Gasteiger partial charge on any atom is 0.257 e. The molecule has 0 bridgehead atoms. The average molecular weight is 547 g/mol. The zero-order valence-corrected chi connectivity index (χ0v) is 24.4. The van der Waals surface area contributed by atoms with Crippen LogP contribution >= 0.6 is 0 Å². The molecule has 2 aromatic carbocycles. The molecule has 0 saturated carbocycles. The molecule has 8 heteroatoms. The van der Waals surface area contributed by atoms with Crippen LogP contribution < -0.4 is 10.1 Å². The third-order valence-electron chi connectivity index (χ3n) is 7.04. The molecule has 40 heavy (non-hydrogen) atoms. The lowest BCUT2D eigenvalue weighted by atomic mass is 9.92. The van der Waals surface area contributed by atoms with Gasteiger partial charge in [-0.25, -0.2) is 4.68 Å². The molecule has 0 atom stereocenters. The van der Waals surface area contributed by atoms with Gasteiger partial charge in [0, 0.05) is 25.2 Å². The Morgan fingerprint density at radius 1 is 1.10 bits per heavy atom. The summed E-state index contributed by atoms with van der Waals surface area (Å²) in [7, 11) is 0. The Morgan fingerprint density at radius 3 is 2.45 bits per heavy atom. The van der Waals surface area contributed by atoms with E-state index in [2.05, 4.69) is 68.5 Å². The van der Waals surface area contributed by atoms with Gasteiger partial charge in [0.15, 0.2) is 13.2 Å². The Labute approximate surface area is 237 Å². The fourth-order valence-corrected chi connectivity index (χ4v) is 4.45. The van der Waals surface area contributed by atoms with Crippen molar-refractivity contribution in [2.24, 2.45) is 11.1 Å². The van der Waals surface area contributed by atoms with Crippen molar-refractivity contribution >= 4 is 11.6 Å². The lowest BCUT2D eigenvalue weighted by Crippen LogP contribution is -2.35. The van der Waals surface area contributed by atoms with Crippen LogP contribution in [-0.2, 0) is 26.4 Å². The van der Waals surface area contributed by atoms with Crippen molar-refractivity contribution in [2.45, 2.75) is 65.9 Å². The van der Waals surface area contributed by atoms with E-state index < -0.39 is 0 Å². The molecule has 0 radical (unpaired) electrons. The van der Waals surface area contributed by atoms with Crippen molar-refractivity contribution in [2.75, 3.05) is 26.4 Å². The normalized spacial score (nSPS) is 14.7. The number of amides is 1. The van der Waals surface area contributed by atoms with Crippen molar-refractivity contribution in [3.63, 3.8) is 0 Å². The van der Waals surface area contributed by atoms with Crippen LogP contribution in [0.25, 0.3) is 5.69 Å². The number of nitrogens with zero attached hydrogens (tertiary/aromatic N) is 3. The number of carbonyl (C=O) groups is 1. The summed E-state index contributed by atoms with van der Waals surface area (Å²) < 4.78 is 13.0. The predicted molar refractivity (Wildman–Crippen MR) is 157 cm³/mol. The third-order valence-corrected chi connectivity index (χ3v) is 7.04. The van der Waals surface area contributed by atoms with Gasteiger partial charge in [-0.05, 0) is 80.1 Å². The summed E-state index contributed by atoms with van der Waals surface area (Å²) in [6.45, 7) is 13.1. The van der Waals surface area contributed by atoms with Crippen LogP contribution in [0.1, 0.15) is 69.5 Å². The van der Waals surface area contributed by atoms with Gasteiger partial charge in [-0.2, -0.15) is 5.10 Å². The summed E-state index contributed by atoms with van der Waals surface area (Å²) in [5, 5.41) is 12.3. The molecule has 1 aliphatic rings. The smallest absolute Gasteiger partial charge is 0.257 e. The van der Waals surface area contributed by atoms with Gasteiger partial charge < -0.3 is 19.6 Å². The summed E-state index contributed by atoms with van der Waals surface area (Å²) in [5.74, 6) is 1.01. The van der Waals surface area contributed by atoms with Crippen molar-refractivity contribution in [3.05, 3.63) is 77.1 Å². The van der Waals surface area contributed by atoms with E-state index in [4.69, 9.17) is 19.4 Å². The van der Waals surface area contributed by atoms with E-state index in [0.717, 1.165) is 54.4 Å². The minimum absolute atomic E-state index is 0.00831. The molecule has 8 nitrogen and oxygen atoms in total. The molecule has 1 aliphatic heterocycles. The van der Waals surface area contributed by atoms with Gasteiger partial charge in [0.1, 0.15) is 5.75 Å². The van der Waals surface area contributed by atoms with Crippen LogP contribution in [0.4, 0.5) is 0 Å². The molecule has 4 rings (SSSR count). The molecule has 1 fully saturated rings. The van der Waals surface area contributed by atoms with Crippen LogP contribution in [0.3, 0.4) is 0 Å². The SMILES string of the molecule is CC/C(=N/OCc1cc(C(C)(C)C)nn1-c1ccc(C)cc1)c1ccc(OCC(=O)NCC2CCOCC2)cc1. The quantitative estimate of drug-likeness (QED) is 0.245. The number of nitrogens with one attached hydrogen (secondary N) is 1. The summed E-state index contributed by atoms with van der Waals surface area (Å²) in [4.78, 5) is 18.1. The Bertz CT molecular complexity index is 1270. The summed E-state index contributed by atoms with van der Waals surface area (Å²) in [6, 6.07) is 18.0. The molecule has 0 spiro atoms. The van der Waals surface area contributed by atoms with E-state index in [1.54, 1.807) is 0 Å². The minimum atomic E-state index is -0.112. The minimum Gasteiger partial charge on any atom is -0.484 e. The fourth-order valence-electron chi connectivity index (χ4n) is 4.45. The highest BCUT2D eigenvalue weighted by Gasteiger charge is 2.21. The summed E-state index contributed by atoms with van der Waals surface area (Å²) in [6.07, 6.45) is 2.68. The van der Waals surface area contributed by atoms with E-state index in [1.165, 1.54) is 5.56 Å². The molecular weight excluding hydrogens is 504 g/mol. The fraction of sp³-hybridized carbons (Fsp3) is 0.469. The number of hydrogen-bond donors (Lipinski definition) is 1. The molecule has 214 valence electrons. The molecule has 2 heterocycles. The molecule has 1 N–H and O–H groups in total. The van der Waals surface area contributed by atoms with E-state index in [9.17, 15) is 4.79 Å². The highest BCUT2D eigenvalue weighted by molar-refractivity contribution is 6.00. The maximum atomic E-state index is 12.2. The first-order chi connectivity index (χ1) is 19.2. The topological polar surface area (TPSA) is 87.0 Å². The molecule has 3 aromatic rings. The van der Waals surface area contributed by atoms with Crippen molar-refractivity contribution < 1.29 is 19.1 Å². The van der Waals surface area contributed by atoms with Gasteiger partial charge in [-0.15, -0.1) is 0 Å². The van der Waals surface area contributed by atoms with Crippen molar-refractivity contribution in [1.29, 1.82) is 0 Å². The molecule has 0 unspecified atom stereocenters. The third kappa shape index (κ3) is 8.18. The van der Waals surface area contributed by atoms with E-state index in [0.29, 0.717) is 31.2 Å². The zero-order valence-electron chi connectivity index (χ0n) is 24.4. The Hall–Kier alpha value is -3.65. The van der Waals surface area contributed by atoms with Gasteiger partial charge in [0.05, 0.1) is 22.8 Å². The highest BCUT2D eigenvalue weighted by Crippen LogP contribution is 2.24. The molecule has 1 aromatic heterocycles. The number of aryl methyl sites for hydroxylation is 1. The van der Waals surface area contributed by atoms with E-state index >= 15 is 0 Å². The van der Waals surface area contributed by atoms with Gasteiger partial charge in [0.25, 0.3) is 5.91 Å². The summed E-state index contributed by atoms with van der Waals surface area (Å²) >= 11 is 0. The molecular formula is C32H42N4O4. The number of ether oxygens (including phenoxy) is 2. The molecule has 1 amide bonds. The number of oxime groups is 1. The second-order valence-electron chi connectivity index (χ2n) is 11.4. The number of benzene rings is 2. The van der Waals surface area contributed by atoms with Crippen LogP contribution in [0.5, 0.6) is 5.75 Å². The Morgan fingerprint density at radius 2 is 1.80 bits per heavy atom. The zero-order chi connectivity index (χ0) is 28.5. The Kier molecular flexibility index (Phi) is 9.98. The first kappa shape index (κ1) is 29.3. The average Bonchev–Trinajstić information content (AvgIpc) is 3.39. The lowest BCUT2D eigenvalue weighted by molar-refractivity contribution is -0.123. The first-order valence-electron chi connectivity index (χ1n) is 14.2. The highest BCUT2D eigenvalue weighted by atomic mass is 16.6. The standard InChI is InChI=1S/C32H42N4O4/c1-6-29(25-9-13-28(14-10-25)39-22-31(37)33-20-24-15-17-38-18-16-24)35-40-21-27-19-30(32(3,4)5)34-36(27)26-11-7-23(2)8-12-26/h7-14,19,24H,6,15-18,20-22H2,1-5H3,(H,33,37)/b35-29-. The largest absolute Gasteiger partial charge is 0.484 e. The second kappa shape index (κ2) is 13.6. The molecule has 0 aliphatic carbocycles. The van der Waals surface area contributed by atoms with Gasteiger partial charge in [-0.3, -0.25) is 4.79 Å². The van der Waals surface area contributed by atoms with E-state index in [1.807, 2.05) is 35.9 Å². The first-order valence-corrected chi connectivity index (χ1v) is 14.2. The number of carbonyl (C=O) groups excluding carboxylic acids is 1. The Balaban J connectivity index is 1.34. The van der Waals surface area contributed by atoms with Crippen LogP contribution in [0.2, 0.25) is 0 Å². The van der Waals surface area contributed by atoms with Gasteiger partial charge >= 0.3 is 0 Å². The van der Waals surface area contributed by atoms with Gasteiger partial charge in [-0.1, -0.05) is 50.5 Å². The van der Waals surface area contributed by atoms with Gasteiger partial charge in [0.2, 0.25) is 0 Å². The van der Waals surface area contributed by atoms with Crippen molar-refractivity contribution in [1.82, 2.24) is 15.1 Å². The van der Waals surface area contributed by atoms with Crippen LogP contribution in [-0.4, -0.2) is 47.8 Å². The van der Waals surface area contributed by atoms with Crippen LogP contribution in [0.15, 0.2) is 59.8 Å². The number of rotatable bonds is 11. The summed E-state index contributed by atoms with van der Waals surface area (Å²) in [5.41, 5.74) is 5.82. The van der Waals surface area contributed by atoms with Crippen LogP contribution in [0, 0.1) is 12.8 Å².